The van der Waals surface area contributed by atoms with Crippen LogP contribution in [0.3, 0.4) is 0 Å². The van der Waals surface area contributed by atoms with Gasteiger partial charge >= 0.3 is 0 Å². The number of amides is 1. The average Bonchev–Trinajstić information content (AvgIpc) is 3.37. The predicted octanol–water partition coefficient (Wildman–Crippen LogP) is 3.98. The van der Waals surface area contributed by atoms with Crippen molar-refractivity contribution in [2.75, 3.05) is 55.9 Å². The van der Waals surface area contributed by atoms with E-state index >= 15 is 0 Å². The van der Waals surface area contributed by atoms with Gasteiger partial charge in [0.1, 0.15) is 5.75 Å². The highest BCUT2D eigenvalue weighted by atomic mass is 16.5. The van der Waals surface area contributed by atoms with E-state index in [0.29, 0.717) is 23.1 Å². The van der Waals surface area contributed by atoms with E-state index in [9.17, 15) is 4.79 Å². The van der Waals surface area contributed by atoms with Crippen LogP contribution in [-0.2, 0) is 4.79 Å². The molecule has 0 bridgehead atoms. The fourth-order valence-corrected chi connectivity index (χ4v) is 4.40. The van der Waals surface area contributed by atoms with Gasteiger partial charge in [0.15, 0.2) is 0 Å². The number of anilines is 4. The maximum atomic E-state index is 12.6. The lowest BCUT2D eigenvalue weighted by Gasteiger charge is -2.35. The molecular formula is C28H30N8O2. The molecule has 3 aromatic heterocycles. The third kappa shape index (κ3) is 5.35. The van der Waals surface area contributed by atoms with Crippen LogP contribution < -0.4 is 20.3 Å². The maximum absolute atomic E-state index is 12.6. The lowest BCUT2D eigenvalue weighted by molar-refractivity contribution is -0.111. The third-order valence-corrected chi connectivity index (χ3v) is 6.41. The van der Waals surface area contributed by atoms with Crippen molar-refractivity contribution in [3.63, 3.8) is 0 Å². The van der Waals surface area contributed by atoms with E-state index in [2.05, 4.69) is 44.1 Å². The van der Waals surface area contributed by atoms with Crippen molar-refractivity contribution < 1.29 is 9.53 Å². The molecule has 1 saturated heterocycles. The minimum atomic E-state index is -0.247. The third-order valence-electron chi connectivity index (χ3n) is 6.41. The number of methoxy groups -OCH3 is 1. The van der Waals surface area contributed by atoms with Gasteiger partial charge in [-0.05, 0) is 31.3 Å². The Kier molecular flexibility index (Phi) is 7.32. The molecule has 1 aliphatic rings. The molecule has 5 rings (SSSR count). The van der Waals surface area contributed by atoms with E-state index in [1.54, 1.807) is 36.2 Å². The molecule has 0 atom stereocenters. The number of carbonyl (C=O) groups excluding carboxylic acids is 1. The molecule has 4 heterocycles. The first-order chi connectivity index (χ1) is 18.6. The highest BCUT2D eigenvalue weighted by Crippen LogP contribution is 2.38. The summed E-state index contributed by atoms with van der Waals surface area (Å²) in [6.07, 6.45) is 10.00. The lowest BCUT2D eigenvalue weighted by Crippen LogP contribution is -2.44. The molecule has 1 aliphatic heterocycles. The summed E-state index contributed by atoms with van der Waals surface area (Å²) in [4.78, 5) is 26.3. The topological polar surface area (TPSA) is 99.9 Å². The summed E-state index contributed by atoms with van der Waals surface area (Å²) >= 11 is 0. The number of nitrogens with zero attached hydrogens (tertiary/aromatic N) is 6. The monoisotopic (exact) mass is 510 g/mol. The highest BCUT2D eigenvalue weighted by molar-refractivity contribution is 6.02. The number of likely N-dealkylation sites (N-methyl/N-ethyl adjacent to an activating group) is 1. The van der Waals surface area contributed by atoms with Crippen LogP contribution >= 0.6 is 0 Å². The average molecular weight is 511 g/mol. The number of allylic oxidation sites excluding steroid dienone is 2. The zero-order valence-electron chi connectivity index (χ0n) is 21.5. The fraction of sp³-hybridized carbons (Fsp3) is 0.214. The number of rotatable bonds is 8. The molecule has 1 fully saturated rings. The van der Waals surface area contributed by atoms with Gasteiger partial charge in [0.05, 0.1) is 41.6 Å². The number of hydrogen-bond donors (Lipinski definition) is 2. The van der Waals surface area contributed by atoms with Crippen LogP contribution in [0.2, 0.25) is 0 Å². The van der Waals surface area contributed by atoms with Gasteiger partial charge in [-0.3, -0.25) is 4.79 Å². The molecule has 0 saturated carbocycles. The Hall–Kier alpha value is -4.70. The number of hydrogen-bond acceptors (Lipinski definition) is 8. The molecule has 38 heavy (non-hydrogen) atoms. The van der Waals surface area contributed by atoms with Gasteiger partial charge in [-0.25, -0.2) is 14.5 Å². The molecular weight excluding hydrogens is 480 g/mol. The molecule has 0 unspecified atom stereocenters. The van der Waals surface area contributed by atoms with Crippen LogP contribution in [0.4, 0.5) is 23.0 Å². The van der Waals surface area contributed by atoms with E-state index < -0.39 is 0 Å². The molecule has 2 N–H and O–H groups in total. The van der Waals surface area contributed by atoms with Crippen LogP contribution in [0.1, 0.15) is 0 Å². The van der Waals surface area contributed by atoms with Gasteiger partial charge in [-0.15, -0.1) is 0 Å². The molecule has 1 amide bonds. The minimum Gasteiger partial charge on any atom is -0.494 e. The van der Waals surface area contributed by atoms with E-state index in [0.717, 1.165) is 48.6 Å². The molecule has 4 aromatic rings. The number of carbonyl (C=O) groups is 1. The number of ether oxygens (including phenoxy) is 1. The molecule has 1 aromatic carbocycles. The van der Waals surface area contributed by atoms with E-state index in [1.807, 2.05) is 42.6 Å². The summed E-state index contributed by atoms with van der Waals surface area (Å²) in [7, 11) is 3.73. The Morgan fingerprint density at radius 1 is 1.13 bits per heavy atom. The molecule has 0 spiro atoms. The molecule has 194 valence electrons. The van der Waals surface area contributed by atoms with Gasteiger partial charge in [-0.2, -0.15) is 5.10 Å². The van der Waals surface area contributed by atoms with Gasteiger partial charge in [0.25, 0.3) is 0 Å². The predicted molar refractivity (Wildman–Crippen MR) is 150 cm³/mol. The van der Waals surface area contributed by atoms with Gasteiger partial charge in [0.2, 0.25) is 11.9 Å². The summed E-state index contributed by atoms with van der Waals surface area (Å²) in [5, 5.41) is 10.7. The zero-order chi connectivity index (χ0) is 26.5. The summed E-state index contributed by atoms with van der Waals surface area (Å²) in [6, 6.07) is 11.5. The standard InChI is InChI=1S/C28H30N8O2/c1-4-5-9-27(37)31-22-17-23(26(38-3)18-25(22)35-15-13-34(2)14-16-35)33-28-29-11-10-21(32-28)20-19-30-36-12-7-6-8-24(20)36/h4-12,17-19H,1,13-16H2,2-3H3,(H,31,37)(H,29,32,33)/b9-5+. The van der Waals surface area contributed by atoms with Gasteiger partial charge in [-0.1, -0.05) is 24.8 Å². The smallest absolute Gasteiger partial charge is 0.248 e. The van der Waals surface area contributed by atoms with Crippen LogP contribution in [-0.4, -0.2) is 70.7 Å². The fourth-order valence-electron chi connectivity index (χ4n) is 4.40. The molecule has 0 radical (unpaired) electrons. The quantitative estimate of drug-likeness (QED) is 0.271. The van der Waals surface area contributed by atoms with E-state index in [4.69, 9.17) is 9.72 Å². The zero-order valence-corrected chi connectivity index (χ0v) is 21.5. The molecule has 10 heteroatoms. The van der Waals surface area contributed by atoms with Crippen molar-refractivity contribution in [1.29, 1.82) is 0 Å². The van der Waals surface area contributed by atoms with Gasteiger partial charge in [0, 0.05) is 56.3 Å². The first-order valence-corrected chi connectivity index (χ1v) is 12.3. The second kappa shape index (κ2) is 11.1. The van der Waals surface area contributed by atoms with E-state index in [-0.39, 0.29) is 5.91 Å². The Labute approximate surface area is 221 Å². The van der Waals surface area contributed by atoms with Crippen molar-refractivity contribution in [2.45, 2.75) is 0 Å². The van der Waals surface area contributed by atoms with Crippen LogP contribution in [0.25, 0.3) is 16.8 Å². The first-order valence-electron chi connectivity index (χ1n) is 12.3. The number of pyridine rings is 1. The number of fused-ring (bicyclic) bond motifs is 1. The van der Waals surface area contributed by atoms with Crippen molar-refractivity contribution in [3.8, 4) is 17.0 Å². The number of aromatic nitrogens is 4. The Bertz CT molecular complexity index is 1490. The number of benzene rings is 1. The Morgan fingerprint density at radius 2 is 1.97 bits per heavy atom. The van der Waals surface area contributed by atoms with Gasteiger partial charge < -0.3 is 25.2 Å². The lowest BCUT2D eigenvalue weighted by atomic mass is 10.1. The molecule has 0 aliphatic carbocycles. The summed E-state index contributed by atoms with van der Waals surface area (Å²) < 4.78 is 7.55. The van der Waals surface area contributed by atoms with Crippen molar-refractivity contribution in [2.24, 2.45) is 0 Å². The SMILES string of the molecule is C=C/C=C/C(=O)Nc1cc(Nc2nccc(-c3cnn4ccccc34)n2)c(OC)cc1N1CCN(C)CC1. The summed E-state index contributed by atoms with van der Waals surface area (Å²) in [5.74, 6) is 0.763. The maximum Gasteiger partial charge on any atom is 0.248 e. The molecule has 10 nitrogen and oxygen atoms in total. The van der Waals surface area contributed by atoms with Crippen LogP contribution in [0.5, 0.6) is 5.75 Å². The van der Waals surface area contributed by atoms with Crippen LogP contribution in [0.15, 0.2) is 79.8 Å². The summed E-state index contributed by atoms with van der Waals surface area (Å²) in [6.45, 7) is 7.16. The number of nitrogens with one attached hydrogen (secondary N) is 2. The second-order valence-electron chi connectivity index (χ2n) is 8.92. The minimum absolute atomic E-state index is 0.247. The van der Waals surface area contributed by atoms with Crippen molar-refractivity contribution in [1.82, 2.24) is 24.5 Å². The Balaban J connectivity index is 1.49. The Morgan fingerprint density at radius 3 is 2.76 bits per heavy atom. The first kappa shape index (κ1) is 25.0. The second-order valence-corrected chi connectivity index (χ2v) is 8.92. The number of piperazine rings is 1. The highest BCUT2D eigenvalue weighted by Gasteiger charge is 2.21. The normalized spacial score (nSPS) is 14.1. The van der Waals surface area contributed by atoms with Crippen LogP contribution in [0, 0.1) is 0 Å². The van der Waals surface area contributed by atoms with E-state index in [1.165, 1.54) is 6.08 Å². The van der Waals surface area contributed by atoms with Crippen molar-refractivity contribution >= 4 is 34.4 Å². The largest absolute Gasteiger partial charge is 0.494 e. The summed E-state index contributed by atoms with van der Waals surface area (Å²) in [5.41, 5.74) is 4.77. The van der Waals surface area contributed by atoms with Crippen molar-refractivity contribution in [3.05, 3.63) is 79.8 Å².